The van der Waals surface area contributed by atoms with Crippen molar-refractivity contribution in [1.29, 1.82) is 0 Å². The lowest BCUT2D eigenvalue weighted by Gasteiger charge is -2.02. The number of carbonyl (C=O) groups is 1. The lowest BCUT2D eigenvalue weighted by atomic mass is 10.1. The Bertz CT molecular complexity index is 716. The van der Waals surface area contributed by atoms with E-state index < -0.39 is 4.92 Å². The minimum Gasteiger partial charge on any atom is -0.458 e. The molecule has 0 unspecified atom stereocenters. The number of ketones is 1. The van der Waals surface area contributed by atoms with Gasteiger partial charge in [-0.15, -0.1) is 0 Å². The van der Waals surface area contributed by atoms with Crippen molar-refractivity contribution in [3.8, 4) is 0 Å². The highest BCUT2D eigenvalue weighted by atomic mass is 16.6. The van der Waals surface area contributed by atoms with E-state index in [0.717, 1.165) is 0 Å². The van der Waals surface area contributed by atoms with Crippen molar-refractivity contribution in [2.24, 2.45) is 0 Å². The molecule has 0 amide bonds. The SMILES string of the molecule is CNc1ccc(/C=C/C(=O)c2ccc(C)o2)cc1[N+](=O)[O-]. The van der Waals surface area contributed by atoms with Gasteiger partial charge in [0.05, 0.1) is 4.92 Å². The van der Waals surface area contributed by atoms with Crippen LogP contribution in [0.2, 0.25) is 0 Å². The molecule has 6 nitrogen and oxygen atoms in total. The fourth-order valence-electron chi connectivity index (χ4n) is 1.84. The van der Waals surface area contributed by atoms with Crippen LogP contribution in [0.4, 0.5) is 11.4 Å². The van der Waals surface area contributed by atoms with E-state index in [1.54, 1.807) is 38.2 Å². The molecule has 1 aromatic carbocycles. The predicted molar refractivity (Wildman–Crippen MR) is 79.5 cm³/mol. The standard InChI is InChI=1S/C15H14N2O4/c1-10-3-8-15(21-10)14(18)7-5-11-4-6-12(16-2)13(9-11)17(19)20/h3-9,16H,1-2H3/b7-5+. The molecule has 0 spiro atoms. The molecule has 1 N–H and O–H groups in total. The second kappa shape index (κ2) is 6.04. The van der Waals surface area contributed by atoms with Crippen LogP contribution in [0.25, 0.3) is 6.08 Å². The molecule has 0 saturated heterocycles. The zero-order valence-corrected chi connectivity index (χ0v) is 11.6. The molecule has 0 aliphatic heterocycles. The van der Waals surface area contributed by atoms with Gasteiger partial charge >= 0.3 is 0 Å². The number of allylic oxidation sites excluding steroid dienone is 1. The van der Waals surface area contributed by atoms with E-state index in [0.29, 0.717) is 17.0 Å². The number of furan rings is 1. The van der Waals surface area contributed by atoms with Crippen LogP contribution >= 0.6 is 0 Å². The summed E-state index contributed by atoms with van der Waals surface area (Å²) in [5.41, 5.74) is 0.948. The van der Waals surface area contributed by atoms with Crippen LogP contribution in [-0.2, 0) is 0 Å². The summed E-state index contributed by atoms with van der Waals surface area (Å²) in [6.45, 7) is 1.75. The third-order valence-electron chi connectivity index (χ3n) is 2.90. The van der Waals surface area contributed by atoms with Gasteiger partial charge in [-0.3, -0.25) is 14.9 Å². The maximum Gasteiger partial charge on any atom is 0.292 e. The summed E-state index contributed by atoms with van der Waals surface area (Å²) < 4.78 is 5.21. The molecule has 0 saturated carbocycles. The first-order chi connectivity index (χ1) is 10.0. The third-order valence-corrected chi connectivity index (χ3v) is 2.90. The monoisotopic (exact) mass is 286 g/mol. The number of hydrogen-bond acceptors (Lipinski definition) is 5. The second-order valence-corrected chi connectivity index (χ2v) is 4.39. The summed E-state index contributed by atoms with van der Waals surface area (Å²) in [5, 5.41) is 13.7. The van der Waals surface area contributed by atoms with E-state index >= 15 is 0 Å². The molecule has 2 rings (SSSR count). The van der Waals surface area contributed by atoms with Gasteiger partial charge in [0.25, 0.3) is 5.69 Å². The number of anilines is 1. The van der Waals surface area contributed by atoms with Gasteiger partial charge in [-0.1, -0.05) is 12.1 Å². The Morgan fingerprint density at radius 1 is 1.33 bits per heavy atom. The molecule has 0 fully saturated rings. The average molecular weight is 286 g/mol. The van der Waals surface area contributed by atoms with Crippen molar-refractivity contribution in [3.63, 3.8) is 0 Å². The van der Waals surface area contributed by atoms with E-state index in [4.69, 9.17) is 4.42 Å². The van der Waals surface area contributed by atoms with Gasteiger partial charge < -0.3 is 9.73 Å². The number of nitrogens with one attached hydrogen (secondary N) is 1. The summed E-state index contributed by atoms with van der Waals surface area (Å²) in [6, 6.07) is 7.99. The third kappa shape index (κ3) is 3.36. The van der Waals surface area contributed by atoms with Gasteiger partial charge in [0.2, 0.25) is 5.78 Å². The molecule has 0 bridgehead atoms. The molecule has 0 aliphatic carbocycles. The van der Waals surface area contributed by atoms with Gasteiger partial charge in [0.1, 0.15) is 11.4 Å². The summed E-state index contributed by atoms with van der Waals surface area (Å²) >= 11 is 0. The molecule has 0 aliphatic rings. The van der Waals surface area contributed by atoms with Gasteiger partial charge in [0, 0.05) is 13.1 Å². The van der Waals surface area contributed by atoms with E-state index in [2.05, 4.69) is 5.32 Å². The highest BCUT2D eigenvalue weighted by Crippen LogP contribution is 2.25. The number of rotatable bonds is 5. The quantitative estimate of drug-likeness (QED) is 0.394. The molecule has 0 radical (unpaired) electrons. The first kappa shape index (κ1) is 14.5. The summed E-state index contributed by atoms with van der Waals surface area (Å²) in [7, 11) is 1.61. The van der Waals surface area contributed by atoms with Crippen molar-refractivity contribution >= 4 is 23.2 Å². The topological polar surface area (TPSA) is 85.4 Å². The maximum absolute atomic E-state index is 11.8. The molecular weight excluding hydrogens is 272 g/mol. The molecule has 108 valence electrons. The lowest BCUT2D eigenvalue weighted by Crippen LogP contribution is -1.97. The van der Waals surface area contributed by atoms with Crippen molar-refractivity contribution in [1.82, 2.24) is 0 Å². The molecule has 1 aromatic heterocycles. The Hall–Kier alpha value is -2.89. The van der Waals surface area contributed by atoms with Crippen molar-refractivity contribution < 1.29 is 14.1 Å². The van der Waals surface area contributed by atoms with Crippen molar-refractivity contribution in [3.05, 3.63) is 63.6 Å². The number of nitro groups is 1. The number of hydrogen-bond donors (Lipinski definition) is 1. The molecule has 6 heteroatoms. The molecule has 0 atom stereocenters. The Balaban J connectivity index is 2.23. The fraction of sp³-hybridized carbons (Fsp3) is 0.133. The zero-order chi connectivity index (χ0) is 15.4. The fourth-order valence-corrected chi connectivity index (χ4v) is 1.84. The smallest absolute Gasteiger partial charge is 0.292 e. The molecule has 1 heterocycles. The number of nitro benzene ring substituents is 1. The van der Waals surface area contributed by atoms with Crippen LogP contribution in [-0.4, -0.2) is 17.8 Å². The Morgan fingerprint density at radius 3 is 2.67 bits per heavy atom. The second-order valence-electron chi connectivity index (χ2n) is 4.39. The van der Waals surface area contributed by atoms with Gasteiger partial charge in [-0.25, -0.2) is 0 Å². The predicted octanol–water partition coefficient (Wildman–Crippen LogP) is 3.43. The maximum atomic E-state index is 11.8. The number of aryl methyl sites for hydroxylation is 1. The van der Waals surface area contributed by atoms with Crippen LogP contribution in [0.5, 0.6) is 0 Å². The summed E-state index contributed by atoms with van der Waals surface area (Å²) in [4.78, 5) is 22.3. The highest BCUT2D eigenvalue weighted by molar-refractivity contribution is 6.04. The number of carbonyl (C=O) groups excluding carboxylic acids is 1. The van der Waals surface area contributed by atoms with Crippen LogP contribution < -0.4 is 5.32 Å². The first-order valence-electron chi connectivity index (χ1n) is 6.26. The number of nitrogens with zero attached hydrogens (tertiary/aromatic N) is 1. The summed E-state index contributed by atoms with van der Waals surface area (Å²) in [6.07, 6.45) is 2.85. The van der Waals surface area contributed by atoms with Crippen LogP contribution in [0.3, 0.4) is 0 Å². The molecule has 2 aromatic rings. The van der Waals surface area contributed by atoms with Gasteiger partial charge in [-0.2, -0.15) is 0 Å². The molecular formula is C15H14N2O4. The minimum absolute atomic E-state index is 0.0408. The summed E-state index contributed by atoms with van der Waals surface area (Å²) in [5.74, 6) is 0.606. The van der Waals surface area contributed by atoms with E-state index in [1.807, 2.05) is 0 Å². The Kier molecular flexibility index (Phi) is 4.18. The first-order valence-corrected chi connectivity index (χ1v) is 6.26. The van der Waals surface area contributed by atoms with Crippen LogP contribution in [0, 0.1) is 17.0 Å². The van der Waals surface area contributed by atoms with Gasteiger partial charge in [0.15, 0.2) is 5.76 Å². The Labute approximate surface area is 121 Å². The Morgan fingerprint density at radius 2 is 2.10 bits per heavy atom. The molecule has 21 heavy (non-hydrogen) atoms. The van der Waals surface area contributed by atoms with E-state index in [-0.39, 0.29) is 17.2 Å². The zero-order valence-electron chi connectivity index (χ0n) is 11.6. The van der Waals surface area contributed by atoms with Crippen LogP contribution in [0.1, 0.15) is 21.9 Å². The van der Waals surface area contributed by atoms with Crippen molar-refractivity contribution in [2.45, 2.75) is 6.92 Å². The largest absolute Gasteiger partial charge is 0.458 e. The van der Waals surface area contributed by atoms with Gasteiger partial charge in [-0.05, 0) is 36.8 Å². The van der Waals surface area contributed by atoms with Crippen molar-refractivity contribution in [2.75, 3.05) is 12.4 Å². The van der Waals surface area contributed by atoms with E-state index in [9.17, 15) is 14.9 Å². The highest BCUT2D eigenvalue weighted by Gasteiger charge is 2.13. The minimum atomic E-state index is -0.471. The van der Waals surface area contributed by atoms with E-state index in [1.165, 1.54) is 18.2 Å². The normalized spacial score (nSPS) is 10.8. The lowest BCUT2D eigenvalue weighted by molar-refractivity contribution is -0.383. The van der Waals surface area contributed by atoms with Crippen LogP contribution in [0.15, 0.2) is 40.8 Å². The number of benzene rings is 1. The average Bonchev–Trinajstić information content (AvgIpc) is 2.91.